The molecule has 0 nitrogen and oxygen atoms in total. The van der Waals surface area contributed by atoms with Crippen LogP contribution in [-0.4, -0.2) is 0 Å². The molecule has 0 amide bonds. The van der Waals surface area contributed by atoms with E-state index in [9.17, 15) is 0 Å². The van der Waals surface area contributed by atoms with Gasteiger partial charge in [0.15, 0.2) is 0 Å². The maximum absolute atomic E-state index is 5.19. The Morgan fingerprint density at radius 3 is 1.00 bits per heavy atom. The number of rotatable bonds is 0. The fourth-order valence-corrected chi connectivity index (χ4v) is 4.02. The minimum absolute atomic E-state index is 0.816. The summed E-state index contributed by atoms with van der Waals surface area (Å²) in [6, 6.07) is 32.2. The van der Waals surface area contributed by atoms with E-state index in [1.165, 1.54) is 0 Å². The lowest BCUT2D eigenvalue weighted by Gasteiger charge is -2.10. The summed E-state index contributed by atoms with van der Waals surface area (Å²) in [4.78, 5) is 1.63. The van der Waals surface area contributed by atoms with E-state index in [0.717, 1.165) is 53.6 Å². The van der Waals surface area contributed by atoms with Gasteiger partial charge in [0.05, 0.1) is 0 Å². The molecular weight excluding hydrogens is 424 g/mol. The summed E-state index contributed by atoms with van der Waals surface area (Å²) in [7, 11) is 0. The van der Waals surface area contributed by atoms with E-state index < -0.39 is 0 Å². The highest BCUT2D eigenvalue weighted by atomic mass is 32.1. The number of hydrogen-bond acceptors (Lipinski definition) is 2. The molecule has 0 aliphatic rings. The van der Waals surface area contributed by atoms with Crippen LogP contribution in [0.5, 0.6) is 0 Å². The van der Waals surface area contributed by atoms with Crippen molar-refractivity contribution in [1.82, 2.24) is 0 Å². The first-order valence-electron chi connectivity index (χ1n) is 10.2. The SMILES string of the molecule is [S-]c1ccc(C#Cc2c3ccccc3c(C#Cc3ccc([S-])cc3)c3ccccc23)cc1. The van der Waals surface area contributed by atoms with Crippen LogP contribution in [0.4, 0.5) is 0 Å². The van der Waals surface area contributed by atoms with Gasteiger partial charge in [0.25, 0.3) is 0 Å². The largest absolute Gasteiger partial charge is 0.780 e. The molecule has 0 fully saturated rings. The van der Waals surface area contributed by atoms with Crippen LogP contribution in [0.25, 0.3) is 21.5 Å². The molecule has 0 N–H and O–H groups in total. The van der Waals surface area contributed by atoms with Crippen molar-refractivity contribution >= 4 is 46.8 Å². The highest BCUT2D eigenvalue weighted by Crippen LogP contribution is 2.32. The molecule has 0 atom stereocenters. The Morgan fingerprint density at radius 1 is 0.375 bits per heavy atom. The van der Waals surface area contributed by atoms with Gasteiger partial charge in [0.1, 0.15) is 0 Å². The summed E-state index contributed by atoms with van der Waals surface area (Å²) in [5, 5.41) is 4.40. The highest BCUT2D eigenvalue weighted by molar-refractivity contribution is 7.59. The quantitative estimate of drug-likeness (QED) is 0.151. The summed E-state index contributed by atoms with van der Waals surface area (Å²) in [5.74, 6) is 13.5. The van der Waals surface area contributed by atoms with Crippen LogP contribution >= 0.6 is 0 Å². The van der Waals surface area contributed by atoms with Crippen molar-refractivity contribution in [2.45, 2.75) is 9.79 Å². The third kappa shape index (κ3) is 4.03. The number of fused-ring (bicyclic) bond motifs is 2. The van der Waals surface area contributed by atoms with E-state index >= 15 is 0 Å². The Kier molecular flexibility index (Phi) is 5.49. The fraction of sp³-hybridized carbons (Fsp3) is 0. The standard InChI is InChI=1S/C30H18S2/c31-23-15-9-21(10-16-23)13-19-29-25-5-1-2-6-26(25)30(28-8-4-3-7-27(28)29)20-14-22-11-17-24(32)18-12-22/h1-12,15-18,31-32H/p-2. The maximum Gasteiger partial charge on any atom is 0.0406 e. The van der Waals surface area contributed by atoms with Crippen LogP contribution in [0, 0.1) is 23.7 Å². The van der Waals surface area contributed by atoms with E-state index in [0.29, 0.717) is 0 Å². The summed E-state index contributed by atoms with van der Waals surface area (Å²) in [5.41, 5.74) is 3.92. The van der Waals surface area contributed by atoms with Gasteiger partial charge in [0.2, 0.25) is 0 Å². The molecule has 2 heteroatoms. The number of benzene rings is 5. The second-order valence-electron chi connectivity index (χ2n) is 7.39. The molecule has 5 rings (SSSR count). The average molecular weight is 441 g/mol. The molecule has 0 aliphatic heterocycles. The summed E-state index contributed by atoms with van der Waals surface area (Å²) >= 11 is 10.4. The van der Waals surface area contributed by atoms with Crippen molar-refractivity contribution in [3.05, 3.63) is 119 Å². The van der Waals surface area contributed by atoms with Gasteiger partial charge in [-0.05, 0) is 45.8 Å². The van der Waals surface area contributed by atoms with Crippen molar-refractivity contribution in [1.29, 1.82) is 0 Å². The molecule has 32 heavy (non-hydrogen) atoms. The van der Waals surface area contributed by atoms with Crippen LogP contribution in [-0.2, 0) is 25.3 Å². The van der Waals surface area contributed by atoms with E-state index in [1.54, 1.807) is 0 Å². The third-order valence-corrected chi connectivity index (χ3v) is 5.85. The molecule has 5 aromatic carbocycles. The van der Waals surface area contributed by atoms with Crippen LogP contribution in [0.1, 0.15) is 22.3 Å². The summed E-state index contributed by atoms with van der Waals surface area (Å²) in [6.45, 7) is 0. The molecule has 0 saturated carbocycles. The third-order valence-electron chi connectivity index (χ3n) is 5.30. The second-order valence-corrected chi connectivity index (χ2v) is 8.33. The topological polar surface area (TPSA) is 0 Å². The van der Waals surface area contributed by atoms with Crippen LogP contribution in [0.3, 0.4) is 0 Å². The van der Waals surface area contributed by atoms with Gasteiger partial charge in [-0.3, -0.25) is 0 Å². The maximum atomic E-state index is 5.19. The molecule has 0 saturated heterocycles. The fourth-order valence-electron chi connectivity index (χ4n) is 3.74. The van der Waals surface area contributed by atoms with Gasteiger partial charge >= 0.3 is 0 Å². The highest BCUT2D eigenvalue weighted by Gasteiger charge is 2.11. The zero-order chi connectivity index (χ0) is 21.9. The summed E-state index contributed by atoms with van der Waals surface area (Å²) < 4.78 is 0. The molecule has 0 unspecified atom stereocenters. The Bertz CT molecular complexity index is 1390. The smallest absolute Gasteiger partial charge is 0.0406 e. The van der Waals surface area contributed by atoms with E-state index in [-0.39, 0.29) is 0 Å². The Morgan fingerprint density at radius 2 is 0.688 bits per heavy atom. The van der Waals surface area contributed by atoms with E-state index in [4.69, 9.17) is 25.3 Å². The van der Waals surface area contributed by atoms with Crippen molar-refractivity contribution in [3.8, 4) is 23.7 Å². The zero-order valence-electron chi connectivity index (χ0n) is 17.1. The minimum atomic E-state index is 0.816. The summed E-state index contributed by atoms with van der Waals surface area (Å²) in [6.07, 6.45) is 0. The van der Waals surface area contributed by atoms with Gasteiger partial charge in [-0.25, -0.2) is 0 Å². The molecule has 0 heterocycles. The van der Waals surface area contributed by atoms with Gasteiger partial charge in [-0.1, -0.05) is 96.5 Å². The van der Waals surface area contributed by atoms with Gasteiger partial charge in [-0.15, -0.1) is 0 Å². The lowest BCUT2D eigenvalue weighted by molar-refractivity contribution is 1.46. The normalized spacial score (nSPS) is 10.2. The molecule has 0 bridgehead atoms. The molecule has 0 spiro atoms. The lowest BCUT2D eigenvalue weighted by atomic mass is 9.92. The Hall–Kier alpha value is -3.82. The van der Waals surface area contributed by atoms with Crippen LogP contribution in [0.15, 0.2) is 107 Å². The molecule has 0 aliphatic carbocycles. The van der Waals surface area contributed by atoms with Gasteiger partial charge in [-0.2, -0.15) is 9.79 Å². The van der Waals surface area contributed by atoms with Crippen molar-refractivity contribution in [2.75, 3.05) is 0 Å². The second kappa shape index (κ2) is 8.74. The van der Waals surface area contributed by atoms with Gasteiger partial charge in [0, 0.05) is 22.3 Å². The first-order chi connectivity index (χ1) is 15.7. The molecule has 5 aromatic rings. The van der Waals surface area contributed by atoms with E-state index in [1.807, 2.05) is 72.8 Å². The first-order valence-corrected chi connectivity index (χ1v) is 11.0. The molecule has 0 radical (unpaired) electrons. The number of hydrogen-bond donors (Lipinski definition) is 0. The van der Waals surface area contributed by atoms with Crippen molar-refractivity contribution in [3.63, 3.8) is 0 Å². The Balaban J connectivity index is 1.75. The Labute approximate surface area is 199 Å². The zero-order valence-corrected chi connectivity index (χ0v) is 18.7. The van der Waals surface area contributed by atoms with E-state index in [2.05, 4.69) is 47.9 Å². The molecule has 150 valence electrons. The van der Waals surface area contributed by atoms with Gasteiger partial charge < -0.3 is 25.3 Å². The van der Waals surface area contributed by atoms with Crippen LogP contribution in [0.2, 0.25) is 0 Å². The predicted molar refractivity (Wildman–Crippen MR) is 138 cm³/mol. The average Bonchev–Trinajstić information content (AvgIpc) is 2.83. The van der Waals surface area contributed by atoms with Crippen molar-refractivity contribution in [2.24, 2.45) is 0 Å². The lowest BCUT2D eigenvalue weighted by Crippen LogP contribution is -1.90. The van der Waals surface area contributed by atoms with Crippen LogP contribution < -0.4 is 0 Å². The van der Waals surface area contributed by atoms with Crippen molar-refractivity contribution < 1.29 is 0 Å². The minimum Gasteiger partial charge on any atom is -0.780 e. The predicted octanol–water partition coefficient (Wildman–Crippen LogP) is 6.60. The molecular formula is C30H16S2-2. The monoisotopic (exact) mass is 440 g/mol. The molecule has 0 aromatic heterocycles. The first kappa shape index (κ1) is 20.1.